The first-order valence-corrected chi connectivity index (χ1v) is 10.4. The first-order chi connectivity index (χ1) is 13.8. The lowest BCUT2D eigenvalue weighted by Crippen LogP contribution is -2.25. The van der Waals surface area contributed by atoms with Gasteiger partial charge in [-0.05, 0) is 24.3 Å². The lowest BCUT2D eigenvalue weighted by Gasteiger charge is -2.07. The number of aromatic nitrogens is 2. The Kier molecular flexibility index (Phi) is 6.13. The molecule has 3 rings (SSSR count). The summed E-state index contributed by atoms with van der Waals surface area (Å²) in [4.78, 5) is 24.8. The van der Waals surface area contributed by atoms with Crippen molar-refractivity contribution in [3.63, 3.8) is 0 Å². The molecule has 0 fully saturated rings. The molecule has 2 heterocycles. The van der Waals surface area contributed by atoms with Crippen molar-refractivity contribution in [3.8, 4) is 0 Å². The van der Waals surface area contributed by atoms with Crippen molar-refractivity contribution in [2.75, 3.05) is 11.1 Å². The Hall–Kier alpha value is -3.40. The molecule has 0 spiro atoms. The maximum atomic E-state index is 12.4. The van der Waals surface area contributed by atoms with E-state index in [1.807, 2.05) is 0 Å². The number of rotatable bonds is 8. The second kappa shape index (κ2) is 8.74. The maximum absolute atomic E-state index is 12.4. The van der Waals surface area contributed by atoms with E-state index in [4.69, 9.17) is 4.42 Å². The molecule has 2 aromatic heterocycles. The van der Waals surface area contributed by atoms with Crippen molar-refractivity contribution in [1.82, 2.24) is 15.1 Å². The molecular formula is C19H20N4O5S. The normalized spacial score (nSPS) is 11.2. The number of amides is 2. The Balaban J connectivity index is 1.61. The number of hydrogen-bond donors (Lipinski definition) is 2. The average Bonchev–Trinajstić information content (AvgIpc) is 3.35. The third-order valence-electron chi connectivity index (χ3n) is 4.02. The number of carbonyl (C=O) groups excluding carboxylic acids is 2. The van der Waals surface area contributed by atoms with Gasteiger partial charge in [0.15, 0.2) is 15.5 Å². The van der Waals surface area contributed by atoms with Crippen LogP contribution in [0.25, 0.3) is 0 Å². The summed E-state index contributed by atoms with van der Waals surface area (Å²) in [5, 5.41) is 9.27. The topological polar surface area (TPSA) is 123 Å². The van der Waals surface area contributed by atoms with Crippen molar-refractivity contribution < 1.29 is 22.4 Å². The summed E-state index contributed by atoms with van der Waals surface area (Å²) in [7, 11) is -1.96. The highest BCUT2D eigenvalue weighted by atomic mass is 32.2. The van der Waals surface area contributed by atoms with Crippen LogP contribution in [0, 0.1) is 0 Å². The molecule has 152 valence electrons. The van der Waals surface area contributed by atoms with Crippen molar-refractivity contribution in [2.24, 2.45) is 7.05 Å². The minimum absolute atomic E-state index is 0.0262. The minimum atomic E-state index is -3.57. The summed E-state index contributed by atoms with van der Waals surface area (Å²) < 4.78 is 31.1. The molecule has 0 radical (unpaired) electrons. The van der Waals surface area contributed by atoms with Crippen LogP contribution in [0.2, 0.25) is 0 Å². The van der Waals surface area contributed by atoms with Crippen LogP contribution in [0.4, 0.5) is 5.69 Å². The molecule has 0 aliphatic rings. The molecule has 2 N–H and O–H groups in total. The fraction of sp³-hybridized carbons (Fsp3) is 0.211. The number of sulfone groups is 1. The van der Waals surface area contributed by atoms with Gasteiger partial charge in [-0.1, -0.05) is 18.2 Å². The summed E-state index contributed by atoms with van der Waals surface area (Å²) in [6.45, 7) is 0.172. The molecule has 0 unspecified atom stereocenters. The fourth-order valence-corrected chi connectivity index (χ4v) is 3.86. The fourth-order valence-electron chi connectivity index (χ4n) is 2.60. The number of hydrogen-bond acceptors (Lipinski definition) is 6. The van der Waals surface area contributed by atoms with Gasteiger partial charge in [-0.25, -0.2) is 8.42 Å². The Labute approximate surface area is 167 Å². The molecule has 9 nitrogen and oxygen atoms in total. The van der Waals surface area contributed by atoms with Crippen LogP contribution in [0.15, 0.2) is 64.2 Å². The van der Waals surface area contributed by atoms with E-state index < -0.39 is 21.7 Å². The summed E-state index contributed by atoms with van der Waals surface area (Å²) in [6.07, 6.45) is 2.72. The van der Waals surface area contributed by atoms with Gasteiger partial charge in [-0.3, -0.25) is 14.3 Å². The first-order valence-electron chi connectivity index (χ1n) is 8.77. The highest BCUT2D eigenvalue weighted by molar-refractivity contribution is 7.91. The predicted molar refractivity (Wildman–Crippen MR) is 105 cm³/mol. The lowest BCUT2D eigenvalue weighted by atomic mass is 10.3. The van der Waals surface area contributed by atoms with Gasteiger partial charge >= 0.3 is 0 Å². The Morgan fingerprint density at radius 1 is 1.14 bits per heavy atom. The SMILES string of the molecule is Cn1cc(NC(=O)CCS(=O)(=O)c2ccccc2)c(C(=O)NCc2ccco2)n1. The van der Waals surface area contributed by atoms with E-state index in [0.717, 1.165) is 0 Å². The van der Waals surface area contributed by atoms with Crippen LogP contribution >= 0.6 is 0 Å². The number of nitrogens with zero attached hydrogens (tertiary/aromatic N) is 2. The number of furan rings is 1. The molecule has 0 saturated heterocycles. The summed E-state index contributed by atoms with van der Waals surface area (Å²) in [6, 6.07) is 11.3. The van der Waals surface area contributed by atoms with Gasteiger partial charge < -0.3 is 15.1 Å². The van der Waals surface area contributed by atoms with Gasteiger partial charge in [0.25, 0.3) is 5.91 Å². The van der Waals surface area contributed by atoms with Crippen LogP contribution in [0.5, 0.6) is 0 Å². The maximum Gasteiger partial charge on any atom is 0.274 e. The predicted octanol–water partition coefficient (Wildman–Crippen LogP) is 1.75. The third-order valence-corrected chi connectivity index (χ3v) is 5.75. The monoisotopic (exact) mass is 416 g/mol. The van der Waals surface area contributed by atoms with E-state index in [2.05, 4.69) is 15.7 Å². The second-order valence-electron chi connectivity index (χ2n) is 6.26. The highest BCUT2D eigenvalue weighted by Gasteiger charge is 2.20. The van der Waals surface area contributed by atoms with Crippen LogP contribution < -0.4 is 10.6 Å². The molecule has 2 amide bonds. The van der Waals surface area contributed by atoms with Crippen LogP contribution in [0.3, 0.4) is 0 Å². The number of carbonyl (C=O) groups is 2. The van der Waals surface area contributed by atoms with E-state index in [1.54, 1.807) is 37.4 Å². The van der Waals surface area contributed by atoms with E-state index >= 15 is 0 Å². The molecule has 0 atom stereocenters. The lowest BCUT2D eigenvalue weighted by molar-refractivity contribution is -0.115. The van der Waals surface area contributed by atoms with E-state index in [9.17, 15) is 18.0 Å². The largest absolute Gasteiger partial charge is 0.467 e. The van der Waals surface area contributed by atoms with Gasteiger partial charge in [0, 0.05) is 19.7 Å². The Morgan fingerprint density at radius 2 is 1.90 bits per heavy atom. The van der Waals surface area contributed by atoms with Crippen LogP contribution in [-0.2, 0) is 28.2 Å². The van der Waals surface area contributed by atoms with Gasteiger partial charge in [-0.15, -0.1) is 0 Å². The molecule has 0 saturated carbocycles. The molecule has 0 aliphatic heterocycles. The molecule has 0 bridgehead atoms. The third kappa shape index (κ3) is 5.32. The zero-order valence-corrected chi connectivity index (χ0v) is 16.5. The van der Waals surface area contributed by atoms with E-state index in [0.29, 0.717) is 5.76 Å². The van der Waals surface area contributed by atoms with Crippen molar-refractivity contribution in [3.05, 3.63) is 66.4 Å². The quantitative estimate of drug-likeness (QED) is 0.577. The number of aryl methyl sites for hydroxylation is 1. The molecule has 10 heteroatoms. The van der Waals surface area contributed by atoms with Crippen molar-refractivity contribution >= 4 is 27.3 Å². The number of anilines is 1. The Bertz CT molecular complexity index is 1090. The zero-order valence-electron chi connectivity index (χ0n) is 15.7. The highest BCUT2D eigenvalue weighted by Crippen LogP contribution is 2.15. The second-order valence-corrected chi connectivity index (χ2v) is 8.37. The molecular weight excluding hydrogens is 396 g/mol. The van der Waals surface area contributed by atoms with Gasteiger partial charge in [0.2, 0.25) is 5.91 Å². The molecule has 1 aromatic carbocycles. The van der Waals surface area contributed by atoms with Crippen LogP contribution in [0.1, 0.15) is 22.7 Å². The van der Waals surface area contributed by atoms with Gasteiger partial charge in [-0.2, -0.15) is 5.10 Å². The summed E-state index contributed by atoms with van der Waals surface area (Å²) in [5.74, 6) is -0.791. The summed E-state index contributed by atoms with van der Waals surface area (Å²) >= 11 is 0. The standard InChI is InChI=1S/C19H20N4O5S/c1-23-13-16(18(22-23)19(25)20-12-14-6-5-10-28-14)21-17(24)9-11-29(26,27)15-7-3-2-4-8-15/h2-8,10,13H,9,11-12H2,1H3,(H,20,25)(H,21,24). The number of nitrogens with one attached hydrogen (secondary N) is 2. The Morgan fingerprint density at radius 3 is 2.59 bits per heavy atom. The van der Waals surface area contributed by atoms with Crippen molar-refractivity contribution in [2.45, 2.75) is 17.9 Å². The number of benzene rings is 1. The molecule has 0 aliphatic carbocycles. The van der Waals surface area contributed by atoms with Crippen LogP contribution in [-0.4, -0.2) is 35.8 Å². The zero-order chi connectivity index (χ0) is 20.9. The molecule has 3 aromatic rings. The molecule has 29 heavy (non-hydrogen) atoms. The minimum Gasteiger partial charge on any atom is -0.467 e. The van der Waals surface area contributed by atoms with Crippen molar-refractivity contribution in [1.29, 1.82) is 0 Å². The van der Waals surface area contributed by atoms with Gasteiger partial charge in [0.1, 0.15) is 5.76 Å². The summed E-state index contributed by atoms with van der Waals surface area (Å²) in [5.41, 5.74) is 0.227. The van der Waals surface area contributed by atoms with Gasteiger partial charge in [0.05, 0.1) is 29.1 Å². The van der Waals surface area contributed by atoms with E-state index in [-0.39, 0.29) is 35.0 Å². The smallest absolute Gasteiger partial charge is 0.274 e. The first kappa shape index (κ1) is 20.3. The van der Waals surface area contributed by atoms with E-state index in [1.165, 1.54) is 29.3 Å². The average molecular weight is 416 g/mol.